The second-order valence-electron chi connectivity index (χ2n) is 5.75. The normalized spacial score (nSPS) is 12.1. The van der Waals surface area contributed by atoms with Crippen LogP contribution in [0, 0.1) is 5.92 Å². The van der Waals surface area contributed by atoms with Crippen LogP contribution in [0.1, 0.15) is 13.8 Å². The monoisotopic (exact) mass is 272 g/mol. The summed E-state index contributed by atoms with van der Waals surface area (Å²) in [5.41, 5.74) is 5.51. The minimum absolute atomic E-state index is 0.130. The van der Waals surface area contributed by atoms with Gasteiger partial charge >= 0.3 is 0 Å². The zero-order chi connectivity index (χ0) is 14.8. The van der Waals surface area contributed by atoms with E-state index in [-0.39, 0.29) is 5.92 Å². The van der Waals surface area contributed by atoms with Crippen molar-refractivity contribution >= 4 is 5.78 Å². The second-order valence-corrected chi connectivity index (χ2v) is 5.75. The number of carbonyl (C=O) groups is 1. The van der Waals surface area contributed by atoms with E-state index in [0.29, 0.717) is 18.9 Å². The van der Waals surface area contributed by atoms with Gasteiger partial charge in [0.05, 0.1) is 6.54 Å². The fourth-order valence-corrected chi connectivity index (χ4v) is 1.65. The number of nitrogens with zero attached hydrogens (tertiary/aromatic N) is 3. The van der Waals surface area contributed by atoms with Crippen molar-refractivity contribution in [2.75, 3.05) is 67.0 Å². The fraction of sp³-hybridized carbons (Fsp3) is 0.929. The molecule has 2 N–H and O–H groups in total. The number of nitrogens with two attached hydrogens (primary N) is 1. The maximum Gasteiger partial charge on any atom is 0.149 e. The summed E-state index contributed by atoms with van der Waals surface area (Å²) in [4.78, 5) is 18.2. The number of rotatable bonds is 11. The summed E-state index contributed by atoms with van der Waals surface area (Å²) in [6.45, 7) is 10.1. The van der Waals surface area contributed by atoms with Gasteiger partial charge in [-0.3, -0.25) is 9.69 Å². The van der Waals surface area contributed by atoms with E-state index in [1.165, 1.54) is 0 Å². The molecule has 0 atom stereocenters. The van der Waals surface area contributed by atoms with E-state index >= 15 is 0 Å². The van der Waals surface area contributed by atoms with E-state index in [1.807, 2.05) is 20.9 Å². The molecule has 19 heavy (non-hydrogen) atoms. The van der Waals surface area contributed by atoms with Crippen LogP contribution in [0.4, 0.5) is 0 Å². The molecule has 0 aliphatic rings. The van der Waals surface area contributed by atoms with Gasteiger partial charge in [-0.25, -0.2) is 0 Å². The quantitative estimate of drug-likeness (QED) is 0.572. The third kappa shape index (κ3) is 10.0. The predicted octanol–water partition coefficient (Wildman–Crippen LogP) is -0.0344. The molecule has 0 aliphatic carbocycles. The molecule has 0 unspecified atom stereocenters. The first-order valence-electron chi connectivity index (χ1n) is 7.15. The van der Waals surface area contributed by atoms with Gasteiger partial charge in [0, 0.05) is 45.2 Å². The molecule has 0 aliphatic heterocycles. The summed E-state index contributed by atoms with van der Waals surface area (Å²) in [5.74, 6) is 0.443. The maximum absolute atomic E-state index is 11.6. The Labute approximate surface area is 118 Å². The van der Waals surface area contributed by atoms with E-state index in [9.17, 15) is 4.79 Å². The Morgan fingerprint density at radius 3 is 1.74 bits per heavy atom. The molecule has 0 rings (SSSR count). The molecule has 5 nitrogen and oxygen atoms in total. The average molecular weight is 272 g/mol. The van der Waals surface area contributed by atoms with Gasteiger partial charge in [0.15, 0.2) is 0 Å². The highest BCUT2D eigenvalue weighted by molar-refractivity contribution is 5.82. The number of likely N-dealkylation sites (N-methyl/N-ethyl adjacent to an activating group) is 3. The Morgan fingerprint density at radius 1 is 0.895 bits per heavy atom. The lowest BCUT2D eigenvalue weighted by Gasteiger charge is -2.24. The molecule has 0 spiro atoms. The Hall–Kier alpha value is -0.490. The van der Waals surface area contributed by atoms with Crippen LogP contribution >= 0.6 is 0 Å². The topological polar surface area (TPSA) is 52.8 Å². The molecule has 114 valence electrons. The molecule has 0 bridgehead atoms. The van der Waals surface area contributed by atoms with Crippen molar-refractivity contribution in [3.8, 4) is 0 Å². The summed E-state index contributed by atoms with van der Waals surface area (Å²) in [7, 11) is 6.22. The maximum atomic E-state index is 11.6. The molecule has 0 aromatic carbocycles. The number of Topliss-reactive ketones (excluding diaryl/α,β-unsaturated/α-hetero) is 1. The fourth-order valence-electron chi connectivity index (χ4n) is 1.65. The van der Waals surface area contributed by atoms with Crippen molar-refractivity contribution < 1.29 is 4.79 Å². The number of hydrogen-bond acceptors (Lipinski definition) is 5. The molecule has 0 aromatic rings. The SMILES string of the molecule is CC(C)C(=O)CN(C)CCN(C)CCN(C)CCN. The van der Waals surface area contributed by atoms with Crippen LogP contribution in [0.3, 0.4) is 0 Å². The molecule has 0 amide bonds. The zero-order valence-corrected chi connectivity index (χ0v) is 13.4. The highest BCUT2D eigenvalue weighted by Gasteiger charge is 2.11. The molecular formula is C14H32N4O. The Balaban J connectivity index is 3.71. The van der Waals surface area contributed by atoms with E-state index in [0.717, 1.165) is 32.7 Å². The summed E-state index contributed by atoms with van der Waals surface area (Å²) in [6, 6.07) is 0. The first-order chi connectivity index (χ1) is 8.86. The molecule has 0 saturated heterocycles. The smallest absolute Gasteiger partial charge is 0.149 e. The first kappa shape index (κ1) is 18.5. The van der Waals surface area contributed by atoms with Gasteiger partial charge in [0.1, 0.15) is 5.78 Å². The highest BCUT2D eigenvalue weighted by atomic mass is 16.1. The molecule has 0 radical (unpaired) electrons. The molecule has 0 saturated carbocycles. The number of ketones is 1. The van der Waals surface area contributed by atoms with Gasteiger partial charge in [0.2, 0.25) is 0 Å². The predicted molar refractivity (Wildman–Crippen MR) is 81.4 cm³/mol. The number of hydrogen-bond donors (Lipinski definition) is 1. The molecule has 5 heteroatoms. The van der Waals surface area contributed by atoms with Gasteiger partial charge in [-0.15, -0.1) is 0 Å². The van der Waals surface area contributed by atoms with Crippen LogP contribution in [-0.4, -0.2) is 87.4 Å². The van der Waals surface area contributed by atoms with Crippen molar-refractivity contribution in [2.45, 2.75) is 13.8 Å². The van der Waals surface area contributed by atoms with Gasteiger partial charge in [-0.1, -0.05) is 13.8 Å². The van der Waals surface area contributed by atoms with Crippen LogP contribution in [0.25, 0.3) is 0 Å². The largest absolute Gasteiger partial charge is 0.329 e. The third-order valence-corrected chi connectivity index (χ3v) is 3.31. The molecule has 0 heterocycles. The highest BCUT2D eigenvalue weighted by Crippen LogP contribution is 1.96. The summed E-state index contributed by atoms with van der Waals surface area (Å²) >= 11 is 0. The van der Waals surface area contributed by atoms with E-state index < -0.39 is 0 Å². The second kappa shape index (κ2) is 10.3. The zero-order valence-electron chi connectivity index (χ0n) is 13.4. The summed E-state index contributed by atoms with van der Waals surface area (Å²) in [5, 5.41) is 0. The molecule has 0 fully saturated rings. The first-order valence-corrected chi connectivity index (χ1v) is 7.15. The minimum atomic E-state index is 0.130. The summed E-state index contributed by atoms with van der Waals surface area (Å²) < 4.78 is 0. The lowest BCUT2D eigenvalue weighted by Crippen LogP contribution is -2.38. The van der Waals surface area contributed by atoms with Gasteiger partial charge in [-0.05, 0) is 21.1 Å². The Kier molecular flexibility index (Phi) is 10.0. The van der Waals surface area contributed by atoms with E-state index in [4.69, 9.17) is 5.73 Å². The van der Waals surface area contributed by atoms with Crippen LogP contribution in [0.15, 0.2) is 0 Å². The van der Waals surface area contributed by atoms with Crippen molar-refractivity contribution in [3.63, 3.8) is 0 Å². The Morgan fingerprint density at radius 2 is 1.32 bits per heavy atom. The van der Waals surface area contributed by atoms with Gasteiger partial charge < -0.3 is 15.5 Å². The third-order valence-electron chi connectivity index (χ3n) is 3.31. The lowest BCUT2D eigenvalue weighted by molar-refractivity contribution is -0.122. The summed E-state index contributed by atoms with van der Waals surface area (Å²) in [6.07, 6.45) is 0. The number of carbonyl (C=O) groups excluding carboxylic acids is 1. The van der Waals surface area contributed by atoms with E-state index in [2.05, 4.69) is 28.8 Å². The van der Waals surface area contributed by atoms with Crippen molar-refractivity contribution in [1.29, 1.82) is 0 Å². The van der Waals surface area contributed by atoms with Crippen LogP contribution < -0.4 is 5.73 Å². The van der Waals surface area contributed by atoms with Crippen molar-refractivity contribution in [2.24, 2.45) is 11.7 Å². The average Bonchev–Trinajstić information content (AvgIpc) is 2.34. The van der Waals surface area contributed by atoms with E-state index in [1.54, 1.807) is 0 Å². The Bertz CT molecular complexity index is 246. The minimum Gasteiger partial charge on any atom is -0.329 e. The standard InChI is InChI=1S/C14H32N4O/c1-13(2)14(19)12-18(5)11-10-17(4)9-8-16(3)7-6-15/h13H,6-12,15H2,1-5H3. The van der Waals surface area contributed by atoms with Gasteiger partial charge in [-0.2, -0.15) is 0 Å². The lowest BCUT2D eigenvalue weighted by atomic mass is 10.1. The van der Waals surface area contributed by atoms with Crippen molar-refractivity contribution in [3.05, 3.63) is 0 Å². The molecule has 0 aromatic heterocycles. The van der Waals surface area contributed by atoms with Crippen LogP contribution in [0.5, 0.6) is 0 Å². The van der Waals surface area contributed by atoms with Gasteiger partial charge in [0.25, 0.3) is 0 Å². The molecular weight excluding hydrogens is 240 g/mol. The van der Waals surface area contributed by atoms with Crippen molar-refractivity contribution in [1.82, 2.24) is 14.7 Å². The van der Waals surface area contributed by atoms with Crippen LogP contribution in [-0.2, 0) is 4.79 Å². The van der Waals surface area contributed by atoms with Crippen LogP contribution in [0.2, 0.25) is 0 Å².